The van der Waals surface area contributed by atoms with Crippen LogP contribution in [0.5, 0.6) is 0 Å². The topological polar surface area (TPSA) is 109 Å². The molecule has 1 aromatic heterocycles. The monoisotopic (exact) mass is 336 g/mol. The fourth-order valence-electron chi connectivity index (χ4n) is 2.93. The van der Waals surface area contributed by atoms with E-state index in [1.807, 2.05) is 6.07 Å². The molecule has 4 atom stereocenters. The zero-order chi connectivity index (χ0) is 17.3. The van der Waals surface area contributed by atoms with Gasteiger partial charge in [-0.05, 0) is 6.07 Å². The SMILES string of the molecule is CC(C)(C)c1ccnc(N[C@H]2CO[C@H]3[C@@H]2OC[C@H]3OCC(N)=O)n1. The second kappa shape index (κ2) is 6.62. The Morgan fingerprint density at radius 3 is 2.83 bits per heavy atom. The summed E-state index contributed by atoms with van der Waals surface area (Å²) < 4.78 is 17.0. The van der Waals surface area contributed by atoms with Crippen molar-refractivity contribution in [1.29, 1.82) is 0 Å². The van der Waals surface area contributed by atoms with Crippen molar-refractivity contribution in [2.45, 2.75) is 50.5 Å². The van der Waals surface area contributed by atoms with Crippen molar-refractivity contribution in [1.82, 2.24) is 9.97 Å². The quantitative estimate of drug-likeness (QED) is 0.792. The Balaban J connectivity index is 1.63. The Kier molecular flexibility index (Phi) is 4.71. The number of nitrogens with zero attached hydrogens (tertiary/aromatic N) is 2. The molecule has 0 unspecified atom stereocenters. The maximum absolute atomic E-state index is 10.9. The number of primary amides is 1. The van der Waals surface area contributed by atoms with Crippen molar-refractivity contribution in [3.63, 3.8) is 0 Å². The van der Waals surface area contributed by atoms with Crippen LogP contribution in [0.4, 0.5) is 5.95 Å². The molecule has 0 radical (unpaired) electrons. The van der Waals surface area contributed by atoms with Crippen LogP contribution in [0, 0.1) is 0 Å². The third-order valence-electron chi connectivity index (χ3n) is 4.19. The Labute approximate surface area is 141 Å². The summed E-state index contributed by atoms with van der Waals surface area (Å²) >= 11 is 0. The summed E-state index contributed by atoms with van der Waals surface area (Å²) in [5.74, 6) is 0.0558. The summed E-state index contributed by atoms with van der Waals surface area (Å²) in [7, 11) is 0. The van der Waals surface area contributed by atoms with Crippen LogP contribution in [0.25, 0.3) is 0 Å². The molecule has 0 saturated carbocycles. The number of carbonyl (C=O) groups excluding carboxylic acids is 1. The van der Waals surface area contributed by atoms with E-state index in [0.29, 0.717) is 19.2 Å². The molecule has 8 heteroatoms. The third-order valence-corrected chi connectivity index (χ3v) is 4.19. The van der Waals surface area contributed by atoms with E-state index in [0.717, 1.165) is 5.69 Å². The first kappa shape index (κ1) is 17.1. The molecule has 3 heterocycles. The number of hydrogen-bond acceptors (Lipinski definition) is 7. The zero-order valence-corrected chi connectivity index (χ0v) is 14.2. The highest BCUT2D eigenvalue weighted by molar-refractivity contribution is 5.75. The predicted molar refractivity (Wildman–Crippen MR) is 86.6 cm³/mol. The standard InChI is InChI=1S/C16H24N4O4/c1-16(2,3)11-4-5-18-15(20-11)19-9-6-23-14-10(7-24-13(9)14)22-8-12(17)21/h4-5,9-10,13-14H,6-8H2,1-3H3,(H2,17,21)(H,18,19,20)/t9-,10+,13+,14+/m0/s1. The minimum atomic E-state index is -0.501. The molecule has 2 aliphatic heterocycles. The van der Waals surface area contributed by atoms with E-state index >= 15 is 0 Å². The van der Waals surface area contributed by atoms with Gasteiger partial charge in [-0.25, -0.2) is 9.97 Å². The number of rotatable bonds is 5. The predicted octanol–water partition coefficient (Wildman–Crippen LogP) is 0.223. The first-order chi connectivity index (χ1) is 11.3. The highest BCUT2D eigenvalue weighted by Gasteiger charge is 2.48. The number of hydrogen-bond donors (Lipinski definition) is 2. The summed E-state index contributed by atoms with van der Waals surface area (Å²) in [6.45, 7) is 7.03. The lowest BCUT2D eigenvalue weighted by Gasteiger charge is -2.20. The van der Waals surface area contributed by atoms with Gasteiger partial charge in [-0.1, -0.05) is 20.8 Å². The molecule has 0 bridgehead atoms. The first-order valence-corrected chi connectivity index (χ1v) is 8.08. The summed E-state index contributed by atoms with van der Waals surface area (Å²) in [6.07, 6.45) is 1.09. The lowest BCUT2D eigenvalue weighted by molar-refractivity contribution is -0.126. The molecular weight excluding hydrogens is 312 g/mol. The van der Waals surface area contributed by atoms with Crippen molar-refractivity contribution in [2.24, 2.45) is 5.73 Å². The van der Waals surface area contributed by atoms with Crippen LogP contribution >= 0.6 is 0 Å². The van der Waals surface area contributed by atoms with E-state index in [4.69, 9.17) is 19.9 Å². The molecule has 3 rings (SSSR count). The van der Waals surface area contributed by atoms with Gasteiger partial charge >= 0.3 is 0 Å². The normalized spacial score (nSPS) is 29.5. The van der Waals surface area contributed by atoms with Crippen molar-refractivity contribution >= 4 is 11.9 Å². The van der Waals surface area contributed by atoms with Crippen LogP contribution in [-0.2, 0) is 24.4 Å². The Morgan fingerprint density at radius 1 is 1.38 bits per heavy atom. The number of anilines is 1. The lowest BCUT2D eigenvalue weighted by atomic mass is 9.92. The summed E-state index contributed by atoms with van der Waals surface area (Å²) in [5, 5.41) is 3.29. The maximum Gasteiger partial charge on any atom is 0.243 e. The Hall–Kier alpha value is -1.77. The molecule has 2 fully saturated rings. The molecule has 8 nitrogen and oxygen atoms in total. The Morgan fingerprint density at radius 2 is 2.12 bits per heavy atom. The number of ether oxygens (including phenoxy) is 3. The molecule has 2 aliphatic rings. The van der Waals surface area contributed by atoms with Gasteiger partial charge in [0.25, 0.3) is 0 Å². The van der Waals surface area contributed by atoms with E-state index < -0.39 is 5.91 Å². The molecule has 1 amide bonds. The molecule has 24 heavy (non-hydrogen) atoms. The molecule has 0 aromatic carbocycles. The largest absolute Gasteiger partial charge is 0.370 e. The zero-order valence-electron chi connectivity index (χ0n) is 14.2. The van der Waals surface area contributed by atoms with Gasteiger partial charge < -0.3 is 25.3 Å². The van der Waals surface area contributed by atoms with Crippen LogP contribution in [-0.4, -0.2) is 60.0 Å². The van der Waals surface area contributed by atoms with Crippen LogP contribution in [0.1, 0.15) is 26.5 Å². The van der Waals surface area contributed by atoms with Crippen molar-refractivity contribution < 1.29 is 19.0 Å². The highest BCUT2D eigenvalue weighted by atomic mass is 16.6. The van der Waals surface area contributed by atoms with Gasteiger partial charge in [-0.2, -0.15) is 0 Å². The van der Waals surface area contributed by atoms with Crippen LogP contribution in [0.15, 0.2) is 12.3 Å². The van der Waals surface area contributed by atoms with Gasteiger partial charge in [0, 0.05) is 11.6 Å². The van der Waals surface area contributed by atoms with E-state index in [1.54, 1.807) is 6.20 Å². The Bertz CT molecular complexity index is 604. The number of aromatic nitrogens is 2. The van der Waals surface area contributed by atoms with E-state index in [9.17, 15) is 4.79 Å². The molecule has 0 spiro atoms. The van der Waals surface area contributed by atoms with Crippen molar-refractivity contribution in [3.05, 3.63) is 18.0 Å². The second-order valence-corrected chi connectivity index (χ2v) is 7.18. The molecular formula is C16H24N4O4. The smallest absolute Gasteiger partial charge is 0.243 e. The van der Waals surface area contributed by atoms with Crippen molar-refractivity contribution in [2.75, 3.05) is 25.1 Å². The third kappa shape index (κ3) is 3.66. The summed E-state index contributed by atoms with van der Waals surface area (Å²) in [6, 6.07) is 1.85. The van der Waals surface area contributed by atoms with Gasteiger partial charge in [0.1, 0.15) is 24.9 Å². The molecule has 1 aromatic rings. The van der Waals surface area contributed by atoms with Crippen LogP contribution < -0.4 is 11.1 Å². The average molecular weight is 336 g/mol. The fourth-order valence-corrected chi connectivity index (χ4v) is 2.93. The maximum atomic E-state index is 10.9. The van der Waals surface area contributed by atoms with E-state index in [2.05, 4.69) is 36.1 Å². The van der Waals surface area contributed by atoms with Crippen molar-refractivity contribution in [3.8, 4) is 0 Å². The van der Waals surface area contributed by atoms with Gasteiger partial charge in [0.15, 0.2) is 0 Å². The number of nitrogens with one attached hydrogen (secondary N) is 1. The fraction of sp³-hybridized carbons (Fsp3) is 0.688. The van der Waals surface area contributed by atoms with Gasteiger partial charge in [0.2, 0.25) is 11.9 Å². The summed E-state index contributed by atoms with van der Waals surface area (Å²) in [5.41, 5.74) is 6.03. The minimum absolute atomic E-state index is 0.0500. The number of carbonyl (C=O) groups is 1. The average Bonchev–Trinajstić information content (AvgIpc) is 3.08. The first-order valence-electron chi connectivity index (χ1n) is 8.08. The lowest BCUT2D eigenvalue weighted by Crippen LogP contribution is -2.37. The van der Waals surface area contributed by atoms with E-state index in [1.165, 1.54) is 0 Å². The highest BCUT2D eigenvalue weighted by Crippen LogP contribution is 2.30. The van der Waals surface area contributed by atoms with E-state index in [-0.39, 0.29) is 36.4 Å². The van der Waals surface area contributed by atoms with Crippen LogP contribution in [0.2, 0.25) is 0 Å². The van der Waals surface area contributed by atoms with Gasteiger partial charge in [-0.15, -0.1) is 0 Å². The minimum Gasteiger partial charge on any atom is -0.370 e. The van der Waals surface area contributed by atoms with Gasteiger partial charge in [-0.3, -0.25) is 4.79 Å². The summed E-state index contributed by atoms with van der Waals surface area (Å²) in [4.78, 5) is 19.7. The second-order valence-electron chi connectivity index (χ2n) is 7.18. The number of amides is 1. The molecule has 132 valence electrons. The molecule has 0 aliphatic carbocycles. The van der Waals surface area contributed by atoms with Gasteiger partial charge in [0.05, 0.1) is 24.9 Å². The van der Waals surface area contributed by atoms with Crippen LogP contribution in [0.3, 0.4) is 0 Å². The number of nitrogens with two attached hydrogens (primary N) is 1. The number of fused-ring (bicyclic) bond motifs is 1. The molecule has 2 saturated heterocycles. The molecule has 3 N–H and O–H groups in total.